The maximum atomic E-state index is 10.9. The Labute approximate surface area is 76.4 Å². The van der Waals surface area contributed by atoms with Crippen molar-refractivity contribution >= 4 is 5.69 Å². The maximum absolute atomic E-state index is 10.9. The Balaban J connectivity index is 2.04. The molecule has 1 atom stereocenters. The first-order chi connectivity index (χ1) is 6.25. The molecule has 0 spiro atoms. The molecule has 70 valence electrons. The molecule has 2 N–H and O–H groups in total. The lowest BCUT2D eigenvalue weighted by atomic mass is 10.2. The van der Waals surface area contributed by atoms with Crippen LogP contribution in [0.5, 0.6) is 0 Å². The lowest BCUT2D eigenvalue weighted by Crippen LogP contribution is -2.19. The Hall–Kier alpha value is -1.32. The number of rotatable bonds is 3. The zero-order chi connectivity index (χ0) is 9.26. The number of aromatic amines is 1. The van der Waals surface area contributed by atoms with Gasteiger partial charge in [0.1, 0.15) is 0 Å². The minimum atomic E-state index is -0.159. The molecule has 4 heteroatoms. The summed E-state index contributed by atoms with van der Waals surface area (Å²) in [5.74, 6) is 0.777. The third-order valence-electron chi connectivity index (χ3n) is 2.39. The summed E-state index contributed by atoms with van der Waals surface area (Å²) >= 11 is 0. The number of H-pyrrole nitrogens is 1. The Bertz CT molecular complexity index is 343. The standard InChI is InChI=1S/C9H13N3O/c1-6(7-2-3-7)11-8-4-9(13)12-10-5-8/h4-7H,2-3H2,1H3,(H2,11,12,13). The molecule has 0 radical (unpaired) electrons. The lowest BCUT2D eigenvalue weighted by molar-refractivity contribution is 0.693. The average molecular weight is 179 g/mol. The van der Waals surface area contributed by atoms with Crippen molar-refractivity contribution in [1.82, 2.24) is 10.2 Å². The molecule has 0 aliphatic heterocycles. The molecule has 1 saturated carbocycles. The second kappa shape index (κ2) is 3.20. The zero-order valence-corrected chi connectivity index (χ0v) is 7.58. The smallest absolute Gasteiger partial charge is 0.266 e. The first-order valence-electron chi connectivity index (χ1n) is 4.57. The van der Waals surface area contributed by atoms with E-state index in [4.69, 9.17) is 0 Å². The van der Waals surface area contributed by atoms with Crippen LogP contribution in [0, 0.1) is 5.92 Å². The molecule has 1 aliphatic carbocycles. The third-order valence-corrected chi connectivity index (χ3v) is 2.39. The van der Waals surface area contributed by atoms with Gasteiger partial charge in [0, 0.05) is 12.1 Å². The van der Waals surface area contributed by atoms with Gasteiger partial charge in [-0.05, 0) is 25.7 Å². The molecule has 1 heterocycles. The van der Waals surface area contributed by atoms with Crippen molar-refractivity contribution in [2.24, 2.45) is 5.92 Å². The molecule has 2 rings (SSSR count). The third kappa shape index (κ3) is 2.08. The van der Waals surface area contributed by atoms with Gasteiger partial charge in [-0.3, -0.25) is 4.79 Å². The summed E-state index contributed by atoms with van der Waals surface area (Å²) in [6.07, 6.45) is 4.23. The van der Waals surface area contributed by atoms with Crippen molar-refractivity contribution in [3.63, 3.8) is 0 Å². The second-order valence-corrected chi connectivity index (χ2v) is 3.60. The first-order valence-corrected chi connectivity index (χ1v) is 4.57. The van der Waals surface area contributed by atoms with E-state index in [-0.39, 0.29) is 5.56 Å². The minimum absolute atomic E-state index is 0.159. The highest BCUT2D eigenvalue weighted by Crippen LogP contribution is 2.33. The average Bonchev–Trinajstić information content (AvgIpc) is 2.85. The molecule has 13 heavy (non-hydrogen) atoms. The van der Waals surface area contributed by atoms with E-state index >= 15 is 0 Å². The van der Waals surface area contributed by atoms with Gasteiger partial charge in [0.15, 0.2) is 0 Å². The molecule has 0 saturated heterocycles. The van der Waals surface area contributed by atoms with E-state index in [1.54, 1.807) is 6.20 Å². The zero-order valence-electron chi connectivity index (χ0n) is 7.58. The van der Waals surface area contributed by atoms with Gasteiger partial charge in [-0.1, -0.05) is 0 Å². The van der Waals surface area contributed by atoms with Crippen molar-refractivity contribution in [2.45, 2.75) is 25.8 Å². The fourth-order valence-corrected chi connectivity index (χ4v) is 1.43. The summed E-state index contributed by atoms with van der Waals surface area (Å²) in [6.45, 7) is 2.14. The van der Waals surface area contributed by atoms with E-state index in [1.807, 2.05) is 0 Å². The van der Waals surface area contributed by atoms with Crippen LogP contribution in [0.2, 0.25) is 0 Å². The molecule has 1 aliphatic rings. The number of nitrogens with zero attached hydrogens (tertiary/aromatic N) is 1. The fourth-order valence-electron chi connectivity index (χ4n) is 1.43. The van der Waals surface area contributed by atoms with Crippen molar-refractivity contribution in [2.75, 3.05) is 5.32 Å². The summed E-state index contributed by atoms with van der Waals surface area (Å²) < 4.78 is 0. The van der Waals surface area contributed by atoms with Crippen molar-refractivity contribution in [3.05, 3.63) is 22.6 Å². The topological polar surface area (TPSA) is 57.8 Å². The highest BCUT2D eigenvalue weighted by atomic mass is 16.1. The van der Waals surface area contributed by atoms with Crippen molar-refractivity contribution < 1.29 is 0 Å². The maximum Gasteiger partial charge on any atom is 0.266 e. The van der Waals surface area contributed by atoms with Crippen LogP contribution in [0.25, 0.3) is 0 Å². The molecule has 1 aromatic heterocycles. The van der Waals surface area contributed by atoms with Crippen LogP contribution in [0.4, 0.5) is 5.69 Å². The van der Waals surface area contributed by atoms with Crippen molar-refractivity contribution in [3.8, 4) is 0 Å². The SMILES string of the molecule is CC(Nc1cn[nH]c(=O)c1)C1CC1. The number of aromatic nitrogens is 2. The quantitative estimate of drug-likeness (QED) is 0.727. The minimum Gasteiger partial charge on any atom is -0.381 e. The summed E-state index contributed by atoms with van der Waals surface area (Å²) in [5.41, 5.74) is 0.649. The summed E-state index contributed by atoms with van der Waals surface area (Å²) in [5, 5.41) is 9.32. The van der Waals surface area contributed by atoms with E-state index in [2.05, 4.69) is 22.4 Å². The largest absolute Gasteiger partial charge is 0.381 e. The van der Waals surface area contributed by atoms with E-state index in [0.29, 0.717) is 6.04 Å². The Kier molecular flexibility index (Phi) is 2.04. The predicted octanol–water partition coefficient (Wildman–Crippen LogP) is 0.980. The van der Waals surface area contributed by atoms with E-state index < -0.39 is 0 Å². The number of hydrogen-bond donors (Lipinski definition) is 2. The summed E-state index contributed by atoms with van der Waals surface area (Å²) in [6, 6.07) is 1.98. The highest BCUT2D eigenvalue weighted by molar-refractivity contribution is 5.39. The predicted molar refractivity (Wildman–Crippen MR) is 50.7 cm³/mol. The molecule has 0 bridgehead atoms. The summed E-state index contributed by atoms with van der Waals surface area (Å²) in [4.78, 5) is 10.9. The first kappa shape index (κ1) is 8.29. The van der Waals surface area contributed by atoms with E-state index in [0.717, 1.165) is 11.6 Å². The summed E-state index contributed by atoms with van der Waals surface area (Å²) in [7, 11) is 0. The van der Waals surface area contributed by atoms with Gasteiger partial charge in [0.05, 0.1) is 11.9 Å². The van der Waals surface area contributed by atoms with Crippen LogP contribution in [-0.2, 0) is 0 Å². The van der Waals surface area contributed by atoms with Gasteiger partial charge in [-0.15, -0.1) is 0 Å². The van der Waals surface area contributed by atoms with Crippen LogP contribution in [0.3, 0.4) is 0 Å². The van der Waals surface area contributed by atoms with Crippen LogP contribution >= 0.6 is 0 Å². The van der Waals surface area contributed by atoms with Gasteiger partial charge in [0.2, 0.25) is 0 Å². The van der Waals surface area contributed by atoms with Gasteiger partial charge < -0.3 is 5.32 Å². The normalized spacial score (nSPS) is 18.2. The van der Waals surface area contributed by atoms with Crippen LogP contribution in [-0.4, -0.2) is 16.2 Å². The highest BCUT2D eigenvalue weighted by Gasteiger charge is 2.27. The molecule has 1 unspecified atom stereocenters. The van der Waals surface area contributed by atoms with Gasteiger partial charge in [-0.25, -0.2) is 5.10 Å². The lowest BCUT2D eigenvalue weighted by Gasteiger charge is -2.12. The molecular weight excluding hydrogens is 166 g/mol. The Morgan fingerprint density at radius 2 is 2.46 bits per heavy atom. The Morgan fingerprint density at radius 1 is 1.69 bits per heavy atom. The van der Waals surface area contributed by atoms with Crippen LogP contribution in [0.1, 0.15) is 19.8 Å². The number of hydrogen-bond acceptors (Lipinski definition) is 3. The Morgan fingerprint density at radius 3 is 3.08 bits per heavy atom. The molecule has 0 amide bonds. The molecule has 0 aromatic carbocycles. The molecule has 1 fully saturated rings. The van der Waals surface area contributed by atoms with Crippen LogP contribution < -0.4 is 10.9 Å². The van der Waals surface area contributed by atoms with E-state index in [1.165, 1.54) is 18.9 Å². The number of anilines is 1. The molecule has 1 aromatic rings. The van der Waals surface area contributed by atoms with Crippen LogP contribution in [0.15, 0.2) is 17.1 Å². The second-order valence-electron chi connectivity index (χ2n) is 3.60. The van der Waals surface area contributed by atoms with Gasteiger partial charge in [0.25, 0.3) is 5.56 Å². The van der Waals surface area contributed by atoms with Crippen molar-refractivity contribution in [1.29, 1.82) is 0 Å². The molecular formula is C9H13N3O. The van der Waals surface area contributed by atoms with Gasteiger partial charge in [-0.2, -0.15) is 5.10 Å². The monoisotopic (exact) mass is 179 g/mol. The fraction of sp³-hybridized carbons (Fsp3) is 0.556. The molecule has 4 nitrogen and oxygen atoms in total. The van der Waals surface area contributed by atoms with E-state index in [9.17, 15) is 4.79 Å². The van der Waals surface area contributed by atoms with Gasteiger partial charge >= 0.3 is 0 Å². The number of nitrogens with one attached hydrogen (secondary N) is 2.